The summed E-state index contributed by atoms with van der Waals surface area (Å²) in [5.41, 5.74) is 0. The Labute approximate surface area is 111 Å². The molecule has 1 aliphatic rings. The standard InChI is InChI=1S/C5H5NO.H5O10P3/c7-5-1-3-6-4-2-5;1-11(2,3)9-13(7,8)10-12(4,5)6/h1,3-4H,2H2;(H,7,8)(H2,1,2,3)(H2,4,5,6). The minimum absolute atomic E-state index is 0.134. The quantitative estimate of drug-likeness (QED) is 0.421. The van der Waals surface area contributed by atoms with Gasteiger partial charge in [0.1, 0.15) is 0 Å². The van der Waals surface area contributed by atoms with E-state index in [0.29, 0.717) is 6.42 Å². The highest BCUT2D eigenvalue weighted by atomic mass is 31.3. The van der Waals surface area contributed by atoms with Gasteiger partial charge in [-0.05, 0) is 6.08 Å². The maximum atomic E-state index is 10.4. The first-order valence-electron chi connectivity index (χ1n) is 4.38. The fourth-order valence-electron chi connectivity index (χ4n) is 0.681. The second-order valence-corrected chi connectivity index (χ2v) is 7.14. The summed E-state index contributed by atoms with van der Waals surface area (Å²) < 4.78 is 36.4. The lowest BCUT2D eigenvalue weighted by Gasteiger charge is -2.11. The first-order chi connectivity index (χ1) is 8.81. The van der Waals surface area contributed by atoms with Crippen LogP contribution in [0, 0.1) is 0 Å². The second kappa shape index (κ2) is 7.48. The van der Waals surface area contributed by atoms with E-state index in [1.54, 1.807) is 6.21 Å². The van der Waals surface area contributed by atoms with Gasteiger partial charge in [0.2, 0.25) is 0 Å². The molecule has 0 atom stereocenters. The van der Waals surface area contributed by atoms with Crippen LogP contribution in [0.3, 0.4) is 0 Å². The van der Waals surface area contributed by atoms with Crippen LogP contribution in [-0.2, 0) is 27.1 Å². The Hall–Kier alpha value is -0.510. The zero-order valence-electron chi connectivity index (χ0n) is 9.41. The zero-order valence-corrected chi connectivity index (χ0v) is 12.1. The number of nitrogens with zero attached hydrogens (tertiary/aromatic N) is 1. The van der Waals surface area contributed by atoms with Crippen molar-refractivity contribution in [3.63, 3.8) is 0 Å². The third-order valence-corrected chi connectivity index (χ3v) is 4.52. The van der Waals surface area contributed by atoms with Gasteiger partial charge in [-0.3, -0.25) is 9.79 Å². The zero-order chi connectivity index (χ0) is 16.0. The lowest BCUT2D eigenvalue weighted by atomic mass is 10.3. The topological polar surface area (TPSA) is 200 Å². The molecule has 1 aliphatic heterocycles. The summed E-state index contributed by atoms with van der Waals surface area (Å²) >= 11 is 0. The highest BCUT2D eigenvalue weighted by molar-refractivity contribution is 7.66. The molecule has 0 aromatic heterocycles. The molecule has 116 valence electrons. The second-order valence-electron chi connectivity index (χ2n) is 2.93. The summed E-state index contributed by atoms with van der Waals surface area (Å²) in [6.45, 7) is 0. The molecule has 0 aromatic rings. The van der Waals surface area contributed by atoms with Crippen molar-refractivity contribution in [2.24, 2.45) is 4.99 Å². The van der Waals surface area contributed by atoms with Crippen molar-refractivity contribution in [1.29, 1.82) is 0 Å². The van der Waals surface area contributed by atoms with Crippen LogP contribution in [0.4, 0.5) is 0 Å². The molecule has 15 heteroatoms. The molecule has 0 saturated carbocycles. The van der Waals surface area contributed by atoms with Gasteiger partial charge >= 0.3 is 23.5 Å². The van der Waals surface area contributed by atoms with Crippen molar-refractivity contribution in [2.75, 3.05) is 0 Å². The van der Waals surface area contributed by atoms with Gasteiger partial charge in [-0.15, -0.1) is 0 Å². The van der Waals surface area contributed by atoms with E-state index in [2.05, 4.69) is 13.6 Å². The number of aliphatic imine (C=N–C) groups is 1. The third-order valence-electron chi connectivity index (χ3n) is 1.16. The van der Waals surface area contributed by atoms with Gasteiger partial charge in [-0.1, -0.05) is 0 Å². The monoisotopic (exact) mass is 353 g/mol. The van der Waals surface area contributed by atoms with Gasteiger partial charge in [0, 0.05) is 18.8 Å². The molecule has 1 rings (SSSR count). The molecule has 0 aromatic carbocycles. The van der Waals surface area contributed by atoms with Crippen molar-refractivity contribution < 1.29 is 51.6 Å². The van der Waals surface area contributed by atoms with Gasteiger partial charge in [-0.25, -0.2) is 13.7 Å². The summed E-state index contributed by atoms with van der Waals surface area (Å²) in [5, 5.41) is 0. The van der Waals surface area contributed by atoms with Crippen molar-refractivity contribution in [1.82, 2.24) is 0 Å². The molecular formula is C5H10NO11P3. The van der Waals surface area contributed by atoms with Crippen molar-refractivity contribution in [3.05, 3.63) is 12.3 Å². The van der Waals surface area contributed by atoms with Gasteiger partial charge < -0.3 is 24.5 Å². The lowest BCUT2D eigenvalue weighted by Crippen LogP contribution is -1.95. The van der Waals surface area contributed by atoms with Crippen LogP contribution in [0.15, 0.2) is 17.3 Å². The van der Waals surface area contributed by atoms with Crippen molar-refractivity contribution in [3.8, 4) is 0 Å². The number of carbonyl (C=O) groups is 1. The number of rotatable bonds is 4. The predicted molar refractivity (Wildman–Crippen MR) is 63.3 cm³/mol. The summed E-state index contributed by atoms with van der Waals surface area (Å²) in [6, 6.07) is 0. The summed E-state index contributed by atoms with van der Waals surface area (Å²) in [7, 11) is -16.2. The van der Waals surface area contributed by atoms with E-state index in [9.17, 15) is 18.5 Å². The average Bonchev–Trinajstić information content (AvgIpc) is 2.10. The molecule has 0 amide bonds. The van der Waals surface area contributed by atoms with Crippen LogP contribution in [0.5, 0.6) is 0 Å². The van der Waals surface area contributed by atoms with E-state index >= 15 is 0 Å². The Morgan fingerprint density at radius 2 is 1.45 bits per heavy atom. The maximum absolute atomic E-state index is 10.4. The van der Waals surface area contributed by atoms with E-state index in [1.165, 1.54) is 12.3 Å². The molecule has 0 fully saturated rings. The van der Waals surface area contributed by atoms with Gasteiger partial charge in [0.25, 0.3) is 0 Å². The number of hydrogen-bond donors (Lipinski definition) is 5. The molecule has 12 nitrogen and oxygen atoms in total. The number of phosphoric acid groups is 3. The Morgan fingerprint density at radius 1 is 1.00 bits per heavy atom. The minimum atomic E-state index is -5.46. The van der Waals surface area contributed by atoms with E-state index in [-0.39, 0.29) is 5.78 Å². The normalized spacial score (nSPS) is 15.8. The molecule has 0 unspecified atom stereocenters. The molecular weight excluding hydrogens is 343 g/mol. The van der Waals surface area contributed by atoms with E-state index in [1.807, 2.05) is 0 Å². The molecule has 5 N–H and O–H groups in total. The van der Waals surface area contributed by atoms with Gasteiger partial charge in [0.15, 0.2) is 5.78 Å². The number of ketones is 1. The molecule has 1 heterocycles. The smallest absolute Gasteiger partial charge is 0.302 e. The van der Waals surface area contributed by atoms with Crippen LogP contribution in [0.1, 0.15) is 6.42 Å². The largest absolute Gasteiger partial charge is 0.490 e. The van der Waals surface area contributed by atoms with Crippen LogP contribution < -0.4 is 0 Å². The Kier molecular flexibility index (Phi) is 7.29. The molecule has 0 aliphatic carbocycles. The number of hydrogen-bond acceptors (Lipinski definition) is 7. The van der Waals surface area contributed by atoms with Gasteiger partial charge in [-0.2, -0.15) is 8.62 Å². The highest BCUT2D eigenvalue weighted by Gasteiger charge is 2.38. The van der Waals surface area contributed by atoms with Crippen molar-refractivity contribution in [2.45, 2.75) is 6.42 Å². The fraction of sp³-hybridized carbons (Fsp3) is 0.200. The number of carbonyl (C=O) groups excluding carboxylic acids is 1. The molecule has 0 bridgehead atoms. The van der Waals surface area contributed by atoms with E-state index in [0.717, 1.165) is 0 Å². The molecule has 20 heavy (non-hydrogen) atoms. The van der Waals surface area contributed by atoms with Crippen LogP contribution >= 0.6 is 23.5 Å². The summed E-state index contributed by atoms with van der Waals surface area (Å²) in [5.74, 6) is 0.134. The van der Waals surface area contributed by atoms with Crippen LogP contribution in [-0.4, -0.2) is 36.5 Å². The minimum Gasteiger partial charge on any atom is -0.302 e. The Balaban J connectivity index is 0.000000428. The van der Waals surface area contributed by atoms with E-state index < -0.39 is 23.5 Å². The lowest BCUT2D eigenvalue weighted by molar-refractivity contribution is -0.113. The first kappa shape index (κ1) is 19.5. The van der Waals surface area contributed by atoms with Gasteiger partial charge in [0.05, 0.1) is 0 Å². The maximum Gasteiger partial charge on any atom is 0.490 e. The van der Waals surface area contributed by atoms with Crippen molar-refractivity contribution >= 4 is 35.5 Å². The summed E-state index contributed by atoms with van der Waals surface area (Å²) in [4.78, 5) is 54.2. The SMILES string of the molecule is O=C1C=CN=CC1.O=P(O)(O)OP(=O)(O)OP(=O)(O)O. The average molecular weight is 353 g/mol. The van der Waals surface area contributed by atoms with Crippen LogP contribution in [0.2, 0.25) is 0 Å². The fourth-order valence-corrected chi connectivity index (χ4v) is 3.22. The Bertz CT molecular complexity index is 512. The first-order valence-corrected chi connectivity index (χ1v) is 8.94. The van der Waals surface area contributed by atoms with E-state index in [4.69, 9.17) is 24.5 Å². The molecule has 0 radical (unpaired) electrons. The number of allylic oxidation sites excluding steroid dienone is 1. The predicted octanol–water partition coefficient (Wildman–Crippen LogP) is -0.151. The summed E-state index contributed by atoms with van der Waals surface area (Å²) in [6.07, 6.45) is 5.05. The third kappa shape index (κ3) is 12.5. The molecule has 0 spiro atoms. The molecule has 0 saturated heterocycles. The Morgan fingerprint density at radius 3 is 1.65 bits per heavy atom. The highest BCUT2D eigenvalue weighted by Crippen LogP contribution is 2.64. The van der Waals surface area contributed by atoms with Crippen LogP contribution in [0.25, 0.3) is 0 Å².